The van der Waals surface area contributed by atoms with Crippen LogP contribution in [-0.4, -0.2) is 71.5 Å². The smallest absolute Gasteiger partial charge is 0.304 e. The van der Waals surface area contributed by atoms with Gasteiger partial charge in [0.15, 0.2) is 0 Å². The van der Waals surface area contributed by atoms with Gasteiger partial charge in [-0.1, -0.05) is 0 Å². The molecule has 3 fully saturated rings. The Bertz CT molecular complexity index is 359. The van der Waals surface area contributed by atoms with Crippen molar-refractivity contribution in [3.8, 4) is 0 Å². The van der Waals surface area contributed by atoms with Crippen molar-refractivity contribution in [2.24, 2.45) is 0 Å². The van der Waals surface area contributed by atoms with Gasteiger partial charge in [-0.2, -0.15) is 11.8 Å². The predicted octanol–water partition coefficient (Wildman–Crippen LogP) is 1.22. The average Bonchev–Trinajstić information content (AvgIpc) is 2.87. The second kappa shape index (κ2) is 6.22. The molecule has 0 saturated carbocycles. The Morgan fingerprint density at radius 2 is 2.35 bits per heavy atom. The second-order valence-corrected chi connectivity index (χ2v) is 7.19. The summed E-state index contributed by atoms with van der Waals surface area (Å²) in [5.41, 5.74) is -0.0960. The molecule has 0 aromatic heterocycles. The van der Waals surface area contributed by atoms with Crippen molar-refractivity contribution < 1.29 is 19.4 Å². The second-order valence-electron chi connectivity index (χ2n) is 6.05. The zero-order valence-electron chi connectivity index (χ0n) is 11.8. The SMILES string of the molecule is O=C(O)CC1CSCCN1C1CCOC2(CCOC2)C1. The summed E-state index contributed by atoms with van der Waals surface area (Å²) >= 11 is 1.88. The van der Waals surface area contributed by atoms with Crippen LogP contribution in [-0.2, 0) is 14.3 Å². The third-order valence-corrected chi connectivity index (χ3v) is 5.78. The minimum absolute atomic E-state index is 0.0960. The molecule has 3 aliphatic rings. The van der Waals surface area contributed by atoms with Gasteiger partial charge in [0.2, 0.25) is 0 Å². The minimum atomic E-state index is -0.687. The van der Waals surface area contributed by atoms with E-state index in [1.807, 2.05) is 11.8 Å². The van der Waals surface area contributed by atoms with Gasteiger partial charge in [-0.25, -0.2) is 0 Å². The molecule has 0 bridgehead atoms. The molecular formula is C14H23NO4S. The molecule has 3 atom stereocenters. The van der Waals surface area contributed by atoms with Crippen molar-refractivity contribution in [2.75, 3.05) is 37.9 Å². The lowest BCUT2D eigenvalue weighted by atomic mass is 9.88. The van der Waals surface area contributed by atoms with Gasteiger partial charge in [-0.05, 0) is 12.8 Å². The first kappa shape index (κ1) is 14.6. The lowest BCUT2D eigenvalue weighted by Gasteiger charge is -2.46. The Morgan fingerprint density at radius 1 is 1.45 bits per heavy atom. The maximum atomic E-state index is 11.1. The number of carboxylic acid groups (broad SMARTS) is 1. The van der Waals surface area contributed by atoms with Crippen LogP contribution in [0, 0.1) is 0 Å². The lowest BCUT2D eigenvalue weighted by Crippen LogP contribution is -2.55. The normalized spacial score (nSPS) is 39.2. The summed E-state index contributed by atoms with van der Waals surface area (Å²) in [6, 6.07) is 0.629. The maximum Gasteiger partial charge on any atom is 0.304 e. The quantitative estimate of drug-likeness (QED) is 0.846. The fraction of sp³-hybridized carbons (Fsp3) is 0.929. The van der Waals surface area contributed by atoms with Crippen LogP contribution in [0.3, 0.4) is 0 Å². The molecule has 3 saturated heterocycles. The van der Waals surface area contributed by atoms with Crippen molar-refractivity contribution in [2.45, 2.75) is 43.4 Å². The van der Waals surface area contributed by atoms with Gasteiger partial charge in [0.25, 0.3) is 0 Å². The van der Waals surface area contributed by atoms with Crippen LogP contribution in [0.4, 0.5) is 0 Å². The summed E-state index contributed by atoms with van der Waals surface area (Å²) in [4.78, 5) is 13.5. The summed E-state index contributed by atoms with van der Waals surface area (Å²) in [7, 11) is 0. The molecule has 3 heterocycles. The molecule has 1 N–H and O–H groups in total. The van der Waals surface area contributed by atoms with Gasteiger partial charge in [0.05, 0.1) is 18.6 Å². The molecule has 3 rings (SSSR count). The molecule has 6 heteroatoms. The zero-order valence-corrected chi connectivity index (χ0v) is 12.6. The van der Waals surface area contributed by atoms with Gasteiger partial charge in [-0.3, -0.25) is 9.69 Å². The third kappa shape index (κ3) is 3.13. The van der Waals surface area contributed by atoms with Crippen LogP contribution < -0.4 is 0 Å². The highest BCUT2D eigenvalue weighted by Gasteiger charge is 2.44. The van der Waals surface area contributed by atoms with Crippen molar-refractivity contribution in [3.63, 3.8) is 0 Å². The number of nitrogens with zero attached hydrogens (tertiary/aromatic N) is 1. The molecule has 3 aliphatic heterocycles. The minimum Gasteiger partial charge on any atom is -0.481 e. The fourth-order valence-corrected chi connectivity index (χ4v) is 4.76. The molecule has 1 spiro atoms. The van der Waals surface area contributed by atoms with Gasteiger partial charge >= 0.3 is 5.97 Å². The van der Waals surface area contributed by atoms with Gasteiger partial charge in [0, 0.05) is 49.8 Å². The molecular weight excluding hydrogens is 278 g/mol. The first-order valence-electron chi connectivity index (χ1n) is 7.46. The van der Waals surface area contributed by atoms with E-state index in [1.165, 1.54) is 0 Å². The third-order valence-electron chi connectivity index (χ3n) is 4.69. The highest BCUT2D eigenvalue weighted by Crippen LogP contribution is 2.36. The van der Waals surface area contributed by atoms with Crippen molar-refractivity contribution in [1.29, 1.82) is 0 Å². The molecule has 114 valence electrons. The number of carbonyl (C=O) groups is 1. The Kier molecular flexibility index (Phi) is 4.55. The summed E-state index contributed by atoms with van der Waals surface area (Å²) in [6.07, 6.45) is 3.25. The predicted molar refractivity (Wildman–Crippen MR) is 77.2 cm³/mol. The van der Waals surface area contributed by atoms with E-state index < -0.39 is 5.97 Å². The van der Waals surface area contributed by atoms with Crippen molar-refractivity contribution >= 4 is 17.7 Å². The average molecular weight is 301 g/mol. The summed E-state index contributed by atoms with van der Waals surface area (Å²) < 4.78 is 11.5. The first-order chi connectivity index (χ1) is 9.69. The lowest BCUT2D eigenvalue weighted by molar-refractivity contribution is -0.139. The van der Waals surface area contributed by atoms with E-state index in [1.54, 1.807) is 0 Å². The van der Waals surface area contributed by atoms with Crippen LogP contribution in [0.2, 0.25) is 0 Å². The van der Waals surface area contributed by atoms with Crippen molar-refractivity contribution in [1.82, 2.24) is 4.90 Å². The first-order valence-corrected chi connectivity index (χ1v) is 8.61. The Morgan fingerprint density at radius 3 is 3.10 bits per heavy atom. The standard InChI is InChI=1S/C14H23NO4S/c16-13(17)7-12-9-20-6-3-15(12)11-1-4-19-14(8-11)2-5-18-10-14/h11-12H,1-10H2,(H,16,17). The Balaban J connectivity index is 1.67. The van der Waals surface area contributed by atoms with Gasteiger partial charge in [-0.15, -0.1) is 0 Å². The monoisotopic (exact) mass is 301 g/mol. The summed E-state index contributed by atoms with van der Waals surface area (Å²) in [5.74, 6) is 1.36. The number of thioether (sulfide) groups is 1. The number of aliphatic carboxylic acids is 1. The topological polar surface area (TPSA) is 59.0 Å². The van der Waals surface area contributed by atoms with E-state index in [2.05, 4.69) is 4.90 Å². The largest absolute Gasteiger partial charge is 0.481 e. The molecule has 0 aliphatic carbocycles. The zero-order chi connectivity index (χ0) is 14.0. The molecule has 3 unspecified atom stereocenters. The highest BCUT2D eigenvalue weighted by molar-refractivity contribution is 7.99. The number of rotatable bonds is 3. The van der Waals surface area contributed by atoms with Crippen LogP contribution >= 0.6 is 11.8 Å². The number of carboxylic acids is 1. The van der Waals surface area contributed by atoms with Gasteiger partial charge in [0.1, 0.15) is 0 Å². The van der Waals surface area contributed by atoms with Crippen LogP contribution in [0.5, 0.6) is 0 Å². The fourth-order valence-electron chi connectivity index (χ4n) is 3.67. The van der Waals surface area contributed by atoms with E-state index in [4.69, 9.17) is 14.6 Å². The number of hydrogen-bond donors (Lipinski definition) is 1. The molecule has 0 amide bonds. The van der Waals surface area contributed by atoms with E-state index in [0.29, 0.717) is 12.6 Å². The Labute approximate surface area is 124 Å². The summed E-state index contributed by atoms with van der Waals surface area (Å²) in [5, 5.41) is 9.11. The van der Waals surface area contributed by atoms with E-state index in [9.17, 15) is 4.79 Å². The molecule has 20 heavy (non-hydrogen) atoms. The van der Waals surface area contributed by atoms with Crippen LogP contribution in [0.1, 0.15) is 25.7 Å². The Hall–Kier alpha value is -0.300. The van der Waals surface area contributed by atoms with E-state index >= 15 is 0 Å². The number of hydrogen-bond acceptors (Lipinski definition) is 5. The highest BCUT2D eigenvalue weighted by atomic mass is 32.2. The van der Waals surface area contributed by atoms with Gasteiger partial charge < -0.3 is 14.6 Å². The molecule has 0 aromatic rings. The van der Waals surface area contributed by atoms with Crippen molar-refractivity contribution in [3.05, 3.63) is 0 Å². The molecule has 0 radical (unpaired) electrons. The summed E-state index contributed by atoms with van der Waals surface area (Å²) in [6.45, 7) is 3.28. The molecule has 5 nitrogen and oxygen atoms in total. The number of ether oxygens (including phenoxy) is 2. The maximum absolute atomic E-state index is 11.1. The van der Waals surface area contributed by atoms with Crippen LogP contribution in [0.15, 0.2) is 0 Å². The van der Waals surface area contributed by atoms with Crippen LogP contribution in [0.25, 0.3) is 0 Å². The van der Waals surface area contributed by atoms with E-state index in [0.717, 1.165) is 50.5 Å². The van der Waals surface area contributed by atoms with E-state index in [-0.39, 0.29) is 18.1 Å². The molecule has 0 aromatic carbocycles.